The first-order valence-corrected chi connectivity index (χ1v) is 9.11. The summed E-state index contributed by atoms with van der Waals surface area (Å²) in [5, 5.41) is 3.94. The number of H-pyrrole nitrogens is 1. The molecule has 0 fully saturated rings. The van der Waals surface area contributed by atoms with Gasteiger partial charge in [0.15, 0.2) is 0 Å². The molecule has 28 heavy (non-hydrogen) atoms. The molecule has 3 aromatic rings. The topological polar surface area (TPSA) is 80.4 Å². The molecule has 0 amide bonds. The molecule has 0 spiro atoms. The third-order valence-electron chi connectivity index (χ3n) is 4.03. The van der Waals surface area contributed by atoms with E-state index in [1.807, 2.05) is 54.6 Å². The summed E-state index contributed by atoms with van der Waals surface area (Å²) in [5.41, 5.74) is 3.74. The maximum Gasteiger partial charge on any atom is 0.355 e. The van der Waals surface area contributed by atoms with Crippen molar-refractivity contribution in [3.05, 3.63) is 66.4 Å². The Morgan fingerprint density at radius 2 is 1.75 bits per heavy atom. The molecule has 1 heterocycles. The van der Waals surface area contributed by atoms with Crippen LogP contribution in [0.3, 0.4) is 0 Å². The number of esters is 2. The molecule has 0 atom stereocenters. The molecule has 0 bridgehead atoms. The third-order valence-corrected chi connectivity index (χ3v) is 4.03. The summed E-state index contributed by atoms with van der Waals surface area (Å²) in [4.78, 5) is 27.3. The highest BCUT2D eigenvalue weighted by molar-refractivity contribution is 5.99. The molecule has 2 N–H and O–H groups in total. The van der Waals surface area contributed by atoms with Crippen molar-refractivity contribution in [2.24, 2.45) is 0 Å². The minimum atomic E-state index is -0.616. The van der Waals surface area contributed by atoms with Gasteiger partial charge in [-0.05, 0) is 43.7 Å². The zero-order valence-electron chi connectivity index (χ0n) is 15.8. The van der Waals surface area contributed by atoms with Gasteiger partial charge in [-0.15, -0.1) is 0 Å². The second-order valence-electron chi connectivity index (χ2n) is 6.01. The van der Waals surface area contributed by atoms with Crippen LogP contribution in [0.5, 0.6) is 0 Å². The molecule has 144 valence electrons. The fourth-order valence-electron chi connectivity index (χ4n) is 2.80. The number of benzene rings is 2. The van der Waals surface area contributed by atoms with Crippen LogP contribution in [0.15, 0.2) is 66.4 Å². The Kier molecular flexibility index (Phi) is 6.11. The predicted molar refractivity (Wildman–Crippen MR) is 109 cm³/mol. The lowest BCUT2D eigenvalue weighted by atomic mass is 10.1. The summed E-state index contributed by atoms with van der Waals surface area (Å²) in [6, 6.07) is 17.7. The van der Waals surface area contributed by atoms with Gasteiger partial charge in [0.2, 0.25) is 0 Å². The van der Waals surface area contributed by atoms with Crippen molar-refractivity contribution in [1.82, 2.24) is 4.98 Å². The van der Waals surface area contributed by atoms with Crippen molar-refractivity contribution in [3.63, 3.8) is 0 Å². The van der Waals surface area contributed by atoms with Crippen molar-refractivity contribution in [2.45, 2.75) is 13.8 Å². The number of hydrogen-bond donors (Lipinski definition) is 2. The van der Waals surface area contributed by atoms with E-state index in [9.17, 15) is 9.59 Å². The van der Waals surface area contributed by atoms with Crippen LogP contribution in [0.4, 0.5) is 5.69 Å². The van der Waals surface area contributed by atoms with Gasteiger partial charge in [0, 0.05) is 22.3 Å². The Hall–Kier alpha value is -3.54. The third kappa shape index (κ3) is 4.59. The first-order chi connectivity index (χ1) is 13.6. The Morgan fingerprint density at radius 3 is 2.46 bits per heavy atom. The van der Waals surface area contributed by atoms with Gasteiger partial charge in [0.25, 0.3) is 0 Å². The summed E-state index contributed by atoms with van der Waals surface area (Å²) in [6.07, 6.45) is 1.11. The second kappa shape index (κ2) is 8.90. The zero-order chi connectivity index (χ0) is 19.9. The first kappa shape index (κ1) is 19.2. The van der Waals surface area contributed by atoms with Gasteiger partial charge in [0.1, 0.15) is 5.70 Å². The fourth-order valence-corrected chi connectivity index (χ4v) is 2.80. The smallest absolute Gasteiger partial charge is 0.355 e. The lowest BCUT2D eigenvalue weighted by molar-refractivity contribution is -0.140. The van der Waals surface area contributed by atoms with Crippen LogP contribution in [0.25, 0.3) is 22.2 Å². The van der Waals surface area contributed by atoms with Crippen LogP contribution < -0.4 is 5.32 Å². The van der Waals surface area contributed by atoms with Gasteiger partial charge >= 0.3 is 11.9 Å². The van der Waals surface area contributed by atoms with Crippen LogP contribution in [-0.2, 0) is 19.1 Å². The minimum absolute atomic E-state index is 0.0264. The van der Waals surface area contributed by atoms with Gasteiger partial charge < -0.3 is 19.8 Å². The second-order valence-corrected chi connectivity index (χ2v) is 6.01. The van der Waals surface area contributed by atoms with Crippen molar-refractivity contribution >= 4 is 28.5 Å². The average Bonchev–Trinajstić information content (AvgIpc) is 3.12. The first-order valence-electron chi connectivity index (χ1n) is 9.11. The van der Waals surface area contributed by atoms with Crippen LogP contribution in [0.2, 0.25) is 0 Å². The standard InChI is InChI=1S/C22H22N2O4/c1-3-27-21(25)14-20(22(26)28-4-2)23-17-10-11-18-16(12-17)13-19(24-18)15-8-6-5-7-9-15/h5-14,23-24H,3-4H2,1-2H3. The lowest BCUT2D eigenvalue weighted by Gasteiger charge is -2.10. The van der Waals surface area contributed by atoms with Crippen molar-refractivity contribution in [3.8, 4) is 11.3 Å². The van der Waals surface area contributed by atoms with Crippen molar-refractivity contribution in [1.29, 1.82) is 0 Å². The molecular weight excluding hydrogens is 356 g/mol. The number of rotatable bonds is 7. The Labute approximate surface area is 163 Å². The van der Waals surface area contributed by atoms with E-state index in [2.05, 4.69) is 10.3 Å². The van der Waals surface area contributed by atoms with E-state index in [4.69, 9.17) is 9.47 Å². The highest BCUT2D eigenvalue weighted by Crippen LogP contribution is 2.26. The summed E-state index contributed by atoms with van der Waals surface area (Å²) >= 11 is 0. The Bertz CT molecular complexity index is 1010. The van der Waals surface area contributed by atoms with E-state index >= 15 is 0 Å². The summed E-state index contributed by atoms with van der Waals surface area (Å²) < 4.78 is 9.91. The molecule has 6 nitrogen and oxygen atoms in total. The average molecular weight is 378 g/mol. The largest absolute Gasteiger partial charge is 0.463 e. The molecule has 6 heteroatoms. The van der Waals surface area contributed by atoms with Gasteiger partial charge in [-0.2, -0.15) is 0 Å². The fraction of sp³-hybridized carbons (Fsp3) is 0.182. The van der Waals surface area contributed by atoms with E-state index in [1.54, 1.807) is 13.8 Å². The predicted octanol–water partition coefficient (Wildman–Crippen LogP) is 4.26. The summed E-state index contributed by atoms with van der Waals surface area (Å²) in [7, 11) is 0. The molecule has 0 saturated carbocycles. The zero-order valence-corrected chi connectivity index (χ0v) is 15.8. The van der Waals surface area contributed by atoms with E-state index < -0.39 is 11.9 Å². The van der Waals surface area contributed by atoms with Gasteiger partial charge in [0.05, 0.1) is 19.3 Å². The number of nitrogens with one attached hydrogen (secondary N) is 2. The molecule has 0 aliphatic carbocycles. The molecule has 0 aliphatic heterocycles. The molecule has 0 unspecified atom stereocenters. The van der Waals surface area contributed by atoms with Crippen molar-refractivity contribution in [2.75, 3.05) is 18.5 Å². The van der Waals surface area contributed by atoms with E-state index in [0.717, 1.165) is 28.2 Å². The number of aromatic nitrogens is 1. The maximum atomic E-state index is 12.2. The SMILES string of the molecule is CCOC(=O)C=C(Nc1ccc2[nH]c(-c3ccccc3)cc2c1)C(=O)OCC. The molecule has 1 aromatic heterocycles. The molecule has 0 radical (unpaired) electrons. The minimum Gasteiger partial charge on any atom is -0.463 e. The van der Waals surface area contributed by atoms with Gasteiger partial charge in [-0.1, -0.05) is 30.3 Å². The molecule has 0 saturated heterocycles. The van der Waals surface area contributed by atoms with E-state index in [0.29, 0.717) is 5.69 Å². The lowest BCUT2D eigenvalue weighted by Crippen LogP contribution is -2.17. The highest BCUT2D eigenvalue weighted by atomic mass is 16.5. The molecular formula is C22H22N2O4. The van der Waals surface area contributed by atoms with Crippen molar-refractivity contribution < 1.29 is 19.1 Å². The van der Waals surface area contributed by atoms with Crippen LogP contribution in [-0.4, -0.2) is 30.1 Å². The number of fused-ring (bicyclic) bond motifs is 1. The number of carbonyl (C=O) groups is 2. The number of carbonyl (C=O) groups excluding carboxylic acids is 2. The number of ether oxygens (including phenoxy) is 2. The maximum absolute atomic E-state index is 12.2. The molecule has 0 aliphatic rings. The normalized spacial score (nSPS) is 11.3. The number of anilines is 1. The van der Waals surface area contributed by atoms with Gasteiger partial charge in [-0.3, -0.25) is 0 Å². The van der Waals surface area contributed by atoms with E-state index in [-0.39, 0.29) is 18.9 Å². The number of aromatic amines is 1. The Morgan fingerprint density at radius 1 is 1.00 bits per heavy atom. The quantitative estimate of drug-likeness (QED) is 0.474. The highest BCUT2D eigenvalue weighted by Gasteiger charge is 2.14. The summed E-state index contributed by atoms with van der Waals surface area (Å²) in [5.74, 6) is -1.22. The van der Waals surface area contributed by atoms with Crippen LogP contribution in [0.1, 0.15) is 13.8 Å². The number of hydrogen-bond acceptors (Lipinski definition) is 5. The Balaban J connectivity index is 1.88. The van der Waals surface area contributed by atoms with Crippen LogP contribution >= 0.6 is 0 Å². The monoisotopic (exact) mass is 378 g/mol. The molecule has 3 rings (SSSR count). The van der Waals surface area contributed by atoms with Gasteiger partial charge in [-0.25, -0.2) is 9.59 Å². The van der Waals surface area contributed by atoms with Crippen LogP contribution in [0, 0.1) is 0 Å². The summed E-state index contributed by atoms with van der Waals surface area (Å²) in [6.45, 7) is 3.84. The van der Waals surface area contributed by atoms with E-state index in [1.165, 1.54) is 0 Å². The molecule has 2 aromatic carbocycles.